The molecule has 0 aromatic heterocycles. The standard InChI is InChI=1S/C16H31N/c1-3-12-17-15(13-14-8-4-5-9-14)16(2)10-6-7-11-16/h14-15,17H,3-13H2,1-2H3. The van der Waals surface area contributed by atoms with E-state index in [0.29, 0.717) is 5.41 Å². The second kappa shape index (κ2) is 6.22. The molecule has 2 rings (SSSR count). The van der Waals surface area contributed by atoms with Gasteiger partial charge in [-0.05, 0) is 43.6 Å². The van der Waals surface area contributed by atoms with Gasteiger partial charge in [-0.1, -0.05) is 52.4 Å². The van der Waals surface area contributed by atoms with Gasteiger partial charge in [0.15, 0.2) is 0 Å². The number of rotatable bonds is 6. The Kier molecular flexibility index (Phi) is 4.90. The highest BCUT2D eigenvalue weighted by molar-refractivity contribution is 4.93. The van der Waals surface area contributed by atoms with Gasteiger partial charge in [0, 0.05) is 6.04 Å². The molecule has 1 atom stereocenters. The lowest BCUT2D eigenvalue weighted by molar-refractivity contribution is 0.188. The monoisotopic (exact) mass is 237 g/mol. The second-order valence-electron chi connectivity index (χ2n) is 6.75. The maximum absolute atomic E-state index is 3.88. The lowest BCUT2D eigenvalue weighted by atomic mass is 9.76. The van der Waals surface area contributed by atoms with Crippen molar-refractivity contribution in [2.24, 2.45) is 11.3 Å². The number of hydrogen-bond donors (Lipinski definition) is 1. The van der Waals surface area contributed by atoms with Crippen LogP contribution in [0.25, 0.3) is 0 Å². The molecule has 0 saturated heterocycles. The summed E-state index contributed by atoms with van der Waals surface area (Å²) < 4.78 is 0. The van der Waals surface area contributed by atoms with Crippen LogP contribution >= 0.6 is 0 Å². The van der Waals surface area contributed by atoms with Gasteiger partial charge < -0.3 is 5.32 Å². The first-order valence-electron chi connectivity index (χ1n) is 7.98. The minimum atomic E-state index is 0.609. The van der Waals surface area contributed by atoms with Gasteiger partial charge in [-0.25, -0.2) is 0 Å². The maximum Gasteiger partial charge on any atom is 0.0123 e. The van der Waals surface area contributed by atoms with Crippen molar-refractivity contribution in [3.05, 3.63) is 0 Å². The van der Waals surface area contributed by atoms with E-state index in [0.717, 1.165) is 12.0 Å². The predicted molar refractivity (Wildman–Crippen MR) is 75.2 cm³/mol. The summed E-state index contributed by atoms with van der Waals surface area (Å²) in [6.45, 7) is 6.05. The van der Waals surface area contributed by atoms with Crippen molar-refractivity contribution in [1.29, 1.82) is 0 Å². The summed E-state index contributed by atoms with van der Waals surface area (Å²) in [5.41, 5.74) is 0.609. The molecule has 1 heteroatoms. The van der Waals surface area contributed by atoms with Gasteiger partial charge in [-0.3, -0.25) is 0 Å². The highest BCUT2D eigenvalue weighted by atomic mass is 14.9. The van der Waals surface area contributed by atoms with Crippen molar-refractivity contribution in [2.45, 2.75) is 84.1 Å². The Hall–Kier alpha value is -0.0400. The van der Waals surface area contributed by atoms with Crippen LogP contribution in [-0.2, 0) is 0 Å². The Bertz CT molecular complexity index is 212. The summed E-state index contributed by atoms with van der Waals surface area (Å²) >= 11 is 0. The van der Waals surface area contributed by atoms with Crippen LogP contribution in [0.3, 0.4) is 0 Å². The van der Waals surface area contributed by atoms with Crippen LogP contribution in [0.15, 0.2) is 0 Å². The Balaban J connectivity index is 1.91. The third-order valence-corrected chi connectivity index (χ3v) is 5.27. The zero-order chi connectivity index (χ0) is 12.1. The van der Waals surface area contributed by atoms with Crippen molar-refractivity contribution in [1.82, 2.24) is 5.32 Å². The van der Waals surface area contributed by atoms with Gasteiger partial charge in [0.2, 0.25) is 0 Å². The molecule has 0 aromatic rings. The average Bonchev–Trinajstić information content (AvgIpc) is 2.96. The molecule has 2 saturated carbocycles. The van der Waals surface area contributed by atoms with Crippen LogP contribution in [0.5, 0.6) is 0 Å². The highest BCUT2D eigenvalue weighted by Crippen LogP contribution is 2.44. The smallest absolute Gasteiger partial charge is 0.0123 e. The van der Waals surface area contributed by atoms with E-state index in [4.69, 9.17) is 0 Å². The van der Waals surface area contributed by atoms with Crippen molar-refractivity contribution in [3.63, 3.8) is 0 Å². The lowest BCUT2D eigenvalue weighted by Gasteiger charge is -2.36. The third-order valence-electron chi connectivity index (χ3n) is 5.27. The van der Waals surface area contributed by atoms with Gasteiger partial charge >= 0.3 is 0 Å². The zero-order valence-corrected chi connectivity index (χ0v) is 11.9. The van der Waals surface area contributed by atoms with E-state index in [1.54, 1.807) is 0 Å². The third kappa shape index (κ3) is 3.47. The average molecular weight is 237 g/mol. The molecular formula is C16H31N. The van der Waals surface area contributed by atoms with Gasteiger partial charge in [-0.15, -0.1) is 0 Å². The normalized spacial score (nSPS) is 26.5. The summed E-state index contributed by atoms with van der Waals surface area (Å²) in [4.78, 5) is 0. The molecule has 0 spiro atoms. The molecule has 2 aliphatic carbocycles. The molecule has 17 heavy (non-hydrogen) atoms. The van der Waals surface area contributed by atoms with Gasteiger partial charge in [-0.2, -0.15) is 0 Å². The van der Waals surface area contributed by atoms with Crippen molar-refractivity contribution in [2.75, 3.05) is 6.54 Å². The minimum absolute atomic E-state index is 0.609. The SMILES string of the molecule is CCCNC(CC1CCCC1)C1(C)CCCC1. The fourth-order valence-electron chi connectivity index (χ4n) is 4.04. The van der Waals surface area contributed by atoms with Gasteiger partial charge in [0.05, 0.1) is 0 Å². The predicted octanol–water partition coefficient (Wildman–Crippen LogP) is 4.52. The molecule has 100 valence electrons. The molecule has 1 unspecified atom stereocenters. The maximum atomic E-state index is 3.88. The summed E-state index contributed by atoms with van der Waals surface area (Å²) in [6, 6.07) is 0.799. The zero-order valence-electron chi connectivity index (χ0n) is 11.9. The van der Waals surface area contributed by atoms with E-state index in [1.165, 1.54) is 70.8 Å². The summed E-state index contributed by atoms with van der Waals surface area (Å²) in [6.07, 6.45) is 14.6. The fraction of sp³-hybridized carbons (Fsp3) is 1.00. The van der Waals surface area contributed by atoms with E-state index in [9.17, 15) is 0 Å². The van der Waals surface area contributed by atoms with Gasteiger partial charge in [0.1, 0.15) is 0 Å². The first kappa shape index (κ1) is 13.4. The van der Waals surface area contributed by atoms with Crippen molar-refractivity contribution in [3.8, 4) is 0 Å². The van der Waals surface area contributed by atoms with E-state index in [-0.39, 0.29) is 0 Å². The summed E-state index contributed by atoms with van der Waals surface area (Å²) in [5, 5.41) is 3.88. The largest absolute Gasteiger partial charge is 0.313 e. The van der Waals surface area contributed by atoms with E-state index >= 15 is 0 Å². The molecule has 2 aliphatic rings. The first-order valence-corrected chi connectivity index (χ1v) is 7.98. The van der Waals surface area contributed by atoms with Crippen molar-refractivity contribution >= 4 is 0 Å². The molecular weight excluding hydrogens is 206 g/mol. The van der Waals surface area contributed by atoms with Crippen LogP contribution in [0.4, 0.5) is 0 Å². The number of nitrogens with one attached hydrogen (secondary N) is 1. The van der Waals surface area contributed by atoms with E-state index in [2.05, 4.69) is 19.2 Å². The highest BCUT2D eigenvalue weighted by Gasteiger charge is 2.37. The molecule has 1 nitrogen and oxygen atoms in total. The molecule has 0 amide bonds. The molecule has 0 bridgehead atoms. The first-order chi connectivity index (χ1) is 8.24. The van der Waals surface area contributed by atoms with Crippen LogP contribution in [0.1, 0.15) is 78.1 Å². The number of hydrogen-bond acceptors (Lipinski definition) is 1. The van der Waals surface area contributed by atoms with E-state index in [1.807, 2.05) is 0 Å². The quantitative estimate of drug-likeness (QED) is 0.716. The Morgan fingerprint density at radius 2 is 1.76 bits per heavy atom. The molecule has 1 N–H and O–H groups in total. The van der Waals surface area contributed by atoms with E-state index < -0.39 is 0 Å². The topological polar surface area (TPSA) is 12.0 Å². The Morgan fingerprint density at radius 3 is 2.35 bits per heavy atom. The Labute approximate surface area is 108 Å². The van der Waals surface area contributed by atoms with Crippen LogP contribution in [-0.4, -0.2) is 12.6 Å². The van der Waals surface area contributed by atoms with Gasteiger partial charge in [0.25, 0.3) is 0 Å². The second-order valence-corrected chi connectivity index (χ2v) is 6.75. The van der Waals surface area contributed by atoms with Crippen LogP contribution in [0.2, 0.25) is 0 Å². The molecule has 2 fully saturated rings. The summed E-state index contributed by atoms with van der Waals surface area (Å²) in [5.74, 6) is 1.03. The fourth-order valence-corrected chi connectivity index (χ4v) is 4.04. The summed E-state index contributed by atoms with van der Waals surface area (Å²) in [7, 11) is 0. The van der Waals surface area contributed by atoms with Crippen LogP contribution in [0, 0.1) is 11.3 Å². The minimum Gasteiger partial charge on any atom is -0.313 e. The molecule has 0 aromatic carbocycles. The molecule has 0 aliphatic heterocycles. The molecule has 0 heterocycles. The Morgan fingerprint density at radius 1 is 1.12 bits per heavy atom. The van der Waals surface area contributed by atoms with Crippen molar-refractivity contribution < 1.29 is 0 Å². The lowest BCUT2D eigenvalue weighted by Crippen LogP contribution is -2.43. The van der Waals surface area contributed by atoms with Crippen LogP contribution < -0.4 is 5.32 Å². The molecule has 0 radical (unpaired) electrons.